The maximum atomic E-state index is 5.40. The molecule has 0 atom stereocenters. The summed E-state index contributed by atoms with van der Waals surface area (Å²) in [5.41, 5.74) is 13.5. The largest absolute Gasteiger partial charge is 0.309 e. The van der Waals surface area contributed by atoms with Gasteiger partial charge in [0.2, 0.25) is 0 Å². The van der Waals surface area contributed by atoms with Crippen LogP contribution in [0.5, 0.6) is 0 Å². The lowest BCUT2D eigenvalue weighted by molar-refractivity contribution is 0.658. The van der Waals surface area contributed by atoms with Crippen molar-refractivity contribution >= 4 is 21.8 Å². The first-order chi connectivity index (χ1) is 22.6. The van der Waals surface area contributed by atoms with Crippen molar-refractivity contribution in [1.29, 1.82) is 0 Å². The fourth-order valence-corrected chi connectivity index (χ4v) is 7.37. The third-order valence-corrected chi connectivity index (χ3v) is 9.60. The molecule has 0 bridgehead atoms. The summed E-state index contributed by atoms with van der Waals surface area (Å²) in [4.78, 5) is 10.7. The van der Waals surface area contributed by atoms with Gasteiger partial charge in [-0.2, -0.15) is 0 Å². The van der Waals surface area contributed by atoms with Crippen LogP contribution in [-0.4, -0.2) is 14.5 Å². The molecule has 0 amide bonds. The van der Waals surface area contributed by atoms with Crippen molar-refractivity contribution in [1.82, 2.24) is 14.5 Å². The minimum Gasteiger partial charge on any atom is -0.309 e. The molecule has 8 aromatic rings. The number of hydrogen-bond acceptors (Lipinski definition) is 2. The molecule has 0 saturated carbocycles. The first-order valence-electron chi connectivity index (χ1n) is 15.9. The van der Waals surface area contributed by atoms with Gasteiger partial charge in [0.15, 0.2) is 5.82 Å². The highest BCUT2D eigenvalue weighted by Gasteiger charge is 2.40. The number of benzene rings is 6. The van der Waals surface area contributed by atoms with Crippen LogP contribution in [0.25, 0.3) is 72.5 Å². The number of fused-ring (bicyclic) bond motifs is 6. The molecule has 9 rings (SSSR count). The van der Waals surface area contributed by atoms with Gasteiger partial charge in [0.1, 0.15) is 0 Å². The summed E-state index contributed by atoms with van der Waals surface area (Å²) in [5.74, 6) is 0.743. The molecule has 6 aromatic carbocycles. The van der Waals surface area contributed by atoms with Gasteiger partial charge in [-0.05, 0) is 47.0 Å². The Labute approximate surface area is 268 Å². The molecular formula is C43H31N3. The van der Waals surface area contributed by atoms with Gasteiger partial charge >= 0.3 is 0 Å². The van der Waals surface area contributed by atoms with Gasteiger partial charge in [-0.25, -0.2) is 9.97 Å². The first kappa shape index (κ1) is 26.6. The molecular weight excluding hydrogens is 558 g/mol. The Morgan fingerprint density at radius 1 is 0.478 bits per heavy atom. The van der Waals surface area contributed by atoms with Crippen LogP contribution in [0.1, 0.15) is 25.0 Å². The van der Waals surface area contributed by atoms with Gasteiger partial charge in [-0.15, -0.1) is 0 Å². The average molecular weight is 590 g/mol. The number of rotatable bonds is 4. The van der Waals surface area contributed by atoms with Gasteiger partial charge in [0, 0.05) is 44.1 Å². The predicted molar refractivity (Wildman–Crippen MR) is 190 cm³/mol. The Balaban J connectivity index is 1.28. The zero-order valence-corrected chi connectivity index (χ0v) is 25.8. The Bertz CT molecular complexity index is 2420. The van der Waals surface area contributed by atoms with E-state index in [-0.39, 0.29) is 5.41 Å². The summed E-state index contributed by atoms with van der Waals surface area (Å²) in [6.45, 7) is 4.61. The highest BCUT2D eigenvalue weighted by molar-refractivity contribution is 6.10. The third kappa shape index (κ3) is 3.98. The molecule has 46 heavy (non-hydrogen) atoms. The zero-order chi connectivity index (χ0) is 30.8. The standard InChI is InChI=1S/C43H31N3/c1-43(2)36-19-11-9-18-34(36)41-39(43)40(44-42(45-41)30-23-21-29(22-24-30)28-13-5-3-6-14-28)31-25-26-38-35(27-31)33-17-10-12-20-37(33)46(38)32-15-7-4-8-16-32/h3-27H,1-2H3. The van der Waals surface area contributed by atoms with E-state index in [0.717, 1.165) is 34.0 Å². The lowest BCUT2D eigenvalue weighted by Crippen LogP contribution is -2.17. The van der Waals surface area contributed by atoms with Crippen LogP contribution >= 0.6 is 0 Å². The molecule has 1 aliphatic carbocycles. The Morgan fingerprint density at radius 3 is 1.87 bits per heavy atom. The van der Waals surface area contributed by atoms with E-state index in [1.165, 1.54) is 49.6 Å². The van der Waals surface area contributed by atoms with E-state index in [9.17, 15) is 0 Å². The summed E-state index contributed by atoms with van der Waals surface area (Å²) in [5, 5.41) is 2.44. The summed E-state index contributed by atoms with van der Waals surface area (Å²) in [7, 11) is 0. The van der Waals surface area contributed by atoms with Gasteiger partial charge in [-0.3, -0.25) is 0 Å². The van der Waals surface area contributed by atoms with Crippen LogP contribution in [-0.2, 0) is 5.41 Å². The van der Waals surface area contributed by atoms with Crippen LogP contribution in [0.4, 0.5) is 0 Å². The molecule has 0 aliphatic heterocycles. The molecule has 0 unspecified atom stereocenters. The number of hydrogen-bond donors (Lipinski definition) is 0. The third-order valence-electron chi connectivity index (χ3n) is 9.60. The second-order valence-electron chi connectivity index (χ2n) is 12.7. The molecule has 3 nitrogen and oxygen atoms in total. The van der Waals surface area contributed by atoms with Gasteiger partial charge in [0.25, 0.3) is 0 Å². The Morgan fingerprint density at radius 2 is 1.07 bits per heavy atom. The average Bonchev–Trinajstić information content (AvgIpc) is 3.57. The van der Waals surface area contributed by atoms with Crippen LogP contribution in [0.15, 0.2) is 152 Å². The summed E-state index contributed by atoms with van der Waals surface area (Å²) in [6.07, 6.45) is 0. The Hall–Kier alpha value is -5.80. The zero-order valence-electron chi connectivity index (χ0n) is 25.8. The van der Waals surface area contributed by atoms with Crippen LogP contribution < -0.4 is 0 Å². The molecule has 3 heteroatoms. The van der Waals surface area contributed by atoms with Crippen molar-refractivity contribution in [3.63, 3.8) is 0 Å². The van der Waals surface area contributed by atoms with Gasteiger partial charge < -0.3 is 4.57 Å². The smallest absolute Gasteiger partial charge is 0.160 e. The lowest BCUT2D eigenvalue weighted by Gasteiger charge is -2.24. The fourth-order valence-electron chi connectivity index (χ4n) is 7.37. The highest BCUT2D eigenvalue weighted by atomic mass is 15.0. The molecule has 218 valence electrons. The van der Waals surface area contributed by atoms with Crippen LogP contribution in [0.3, 0.4) is 0 Å². The number of nitrogens with zero attached hydrogens (tertiary/aromatic N) is 3. The van der Waals surface area contributed by atoms with Crippen molar-refractivity contribution in [2.45, 2.75) is 19.3 Å². The SMILES string of the molecule is CC1(C)c2ccccc2-c2nc(-c3ccc(-c4ccccc4)cc3)nc(-c3ccc4c(c3)c3ccccc3n4-c3ccccc3)c21. The first-order valence-corrected chi connectivity index (χ1v) is 15.9. The molecule has 0 fully saturated rings. The molecule has 0 N–H and O–H groups in total. The van der Waals surface area contributed by atoms with E-state index in [1.54, 1.807) is 0 Å². The van der Waals surface area contributed by atoms with Gasteiger partial charge in [0.05, 0.1) is 22.4 Å². The molecule has 1 aliphatic rings. The second-order valence-corrected chi connectivity index (χ2v) is 12.7. The van der Waals surface area contributed by atoms with Crippen molar-refractivity contribution < 1.29 is 0 Å². The highest BCUT2D eigenvalue weighted by Crippen LogP contribution is 2.51. The van der Waals surface area contributed by atoms with Crippen molar-refractivity contribution in [3.8, 4) is 50.7 Å². The van der Waals surface area contributed by atoms with Crippen LogP contribution in [0.2, 0.25) is 0 Å². The topological polar surface area (TPSA) is 30.7 Å². The van der Waals surface area contributed by atoms with E-state index >= 15 is 0 Å². The molecule has 0 spiro atoms. The predicted octanol–water partition coefficient (Wildman–Crippen LogP) is 10.9. The van der Waals surface area contributed by atoms with Crippen molar-refractivity contribution in [2.75, 3.05) is 0 Å². The van der Waals surface area contributed by atoms with E-state index in [2.05, 4.69) is 164 Å². The summed E-state index contributed by atoms with van der Waals surface area (Å²) >= 11 is 0. The number of para-hydroxylation sites is 2. The molecule has 0 radical (unpaired) electrons. The van der Waals surface area contributed by atoms with Crippen molar-refractivity contribution in [3.05, 3.63) is 163 Å². The molecule has 2 heterocycles. The Kier molecular flexibility index (Phi) is 5.85. The maximum Gasteiger partial charge on any atom is 0.160 e. The van der Waals surface area contributed by atoms with E-state index in [1.807, 2.05) is 6.07 Å². The monoisotopic (exact) mass is 589 g/mol. The van der Waals surface area contributed by atoms with E-state index < -0.39 is 0 Å². The van der Waals surface area contributed by atoms with E-state index in [0.29, 0.717) is 0 Å². The van der Waals surface area contributed by atoms with Crippen molar-refractivity contribution in [2.24, 2.45) is 0 Å². The molecule has 0 saturated heterocycles. The van der Waals surface area contributed by atoms with Gasteiger partial charge in [-0.1, -0.05) is 135 Å². The number of aromatic nitrogens is 3. The lowest BCUT2D eigenvalue weighted by atomic mass is 9.80. The molecule has 2 aromatic heterocycles. The fraction of sp³-hybridized carbons (Fsp3) is 0.0698. The quantitative estimate of drug-likeness (QED) is 0.204. The maximum absolute atomic E-state index is 5.40. The second kappa shape index (κ2) is 10.1. The normalized spacial score (nSPS) is 13.2. The summed E-state index contributed by atoms with van der Waals surface area (Å²) in [6, 6.07) is 53.9. The minimum absolute atomic E-state index is 0.246. The van der Waals surface area contributed by atoms with E-state index in [4.69, 9.17) is 9.97 Å². The van der Waals surface area contributed by atoms with Crippen LogP contribution in [0, 0.1) is 0 Å². The minimum atomic E-state index is -0.246. The summed E-state index contributed by atoms with van der Waals surface area (Å²) < 4.78 is 2.36.